The Bertz CT molecular complexity index is 568. The highest BCUT2D eigenvalue weighted by Crippen LogP contribution is 2.34. The Balaban J connectivity index is 2.62. The molecule has 0 spiro atoms. The molecule has 0 bridgehead atoms. The first-order valence-electron chi connectivity index (χ1n) is 6.95. The summed E-state index contributed by atoms with van der Waals surface area (Å²) in [6, 6.07) is 9.85. The minimum absolute atomic E-state index is 0.0736. The summed E-state index contributed by atoms with van der Waals surface area (Å²) in [6.45, 7) is 7.44. The molecule has 104 valence electrons. The molecule has 2 nitrogen and oxygen atoms in total. The Hall–Kier alpha value is -2.09. The molecule has 1 aromatic rings. The van der Waals surface area contributed by atoms with Crippen molar-refractivity contribution in [2.75, 3.05) is 0 Å². The van der Waals surface area contributed by atoms with Gasteiger partial charge in [0.15, 0.2) is 5.78 Å². The van der Waals surface area contributed by atoms with E-state index in [0.717, 1.165) is 29.7 Å². The lowest BCUT2D eigenvalue weighted by molar-refractivity contribution is -0.121. The van der Waals surface area contributed by atoms with Crippen molar-refractivity contribution in [3.8, 4) is 0 Å². The average Bonchev–Trinajstić information content (AvgIpc) is 2.46. The van der Waals surface area contributed by atoms with Crippen molar-refractivity contribution in [3.05, 3.63) is 72.0 Å². The lowest BCUT2D eigenvalue weighted by atomic mass is 9.77. The van der Waals surface area contributed by atoms with Crippen LogP contribution >= 0.6 is 0 Å². The van der Waals surface area contributed by atoms with E-state index in [2.05, 4.69) is 24.0 Å². The van der Waals surface area contributed by atoms with Gasteiger partial charge in [-0.05, 0) is 37.8 Å². The van der Waals surface area contributed by atoms with Crippen LogP contribution < -0.4 is 5.32 Å². The zero-order valence-electron chi connectivity index (χ0n) is 12.1. The van der Waals surface area contributed by atoms with E-state index in [4.69, 9.17) is 0 Å². The molecule has 2 heteroatoms. The molecule has 0 fully saturated rings. The number of hydrogen-bond donors (Lipinski definition) is 1. The summed E-state index contributed by atoms with van der Waals surface area (Å²) in [4.78, 5) is 12.5. The smallest absolute Gasteiger partial charge is 0.164 e. The van der Waals surface area contributed by atoms with Crippen molar-refractivity contribution in [2.45, 2.75) is 32.2 Å². The fourth-order valence-corrected chi connectivity index (χ4v) is 2.71. The number of ketones is 1. The fraction of sp³-hybridized carbons (Fsp3) is 0.278. The summed E-state index contributed by atoms with van der Waals surface area (Å²) in [5.74, 6) is 0.0736. The predicted octanol–water partition coefficient (Wildman–Crippen LogP) is 3.87. The van der Waals surface area contributed by atoms with Gasteiger partial charge in [-0.25, -0.2) is 0 Å². The molecule has 0 radical (unpaired) electrons. The van der Waals surface area contributed by atoms with Crippen LogP contribution in [0.15, 0.2) is 66.4 Å². The molecule has 1 aliphatic rings. The molecule has 2 rings (SSSR count). The van der Waals surface area contributed by atoms with Crippen molar-refractivity contribution < 1.29 is 4.79 Å². The maximum atomic E-state index is 12.5. The summed E-state index contributed by atoms with van der Waals surface area (Å²) in [5, 5.41) is 3.32. The Morgan fingerprint density at radius 2 is 1.90 bits per heavy atom. The first-order chi connectivity index (χ1) is 9.57. The SMILES string of the molecule is C=C(C)NC(C(C)=O)(C1=CCCC=C1)c1ccccc1. The first kappa shape index (κ1) is 14.3. The first-order valence-corrected chi connectivity index (χ1v) is 6.95. The van der Waals surface area contributed by atoms with Crippen LogP contribution in [0.4, 0.5) is 0 Å². The van der Waals surface area contributed by atoms with Crippen LogP contribution in [-0.4, -0.2) is 5.78 Å². The molecule has 1 atom stereocenters. The van der Waals surface area contributed by atoms with Gasteiger partial charge >= 0.3 is 0 Å². The minimum atomic E-state index is -0.829. The van der Waals surface area contributed by atoms with Crippen LogP contribution in [-0.2, 0) is 10.3 Å². The fourth-order valence-electron chi connectivity index (χ4n) is 2.71. The van der Waals surface area contributed by atoms with Crippen LogP contribution in [0.2, 0.25) is 0 Å². The summed E-state index contributed by atoms with van der Waals surface area (Å²) in [5.41, 5.74) is 1.91. The largest absolute Gasteiger partial charge is 0.370 e. The molecule has 1 unspecified atom stereocenters. The number of Topliss-reactive ketones (excluding diaryl/α,β-unsaturated/α-hetero) is 1. The maximum Gasteiger partial charge on any atom is 0.164 e. The number of nitrogens with one attached hydrogen (secondary N) is 1. The zero-order valence-corrected chi connectivity index (χ0v) is 12.1. The van der Waals surface area contributed by atoms with Crippen LogP contribution in [0.3, 0.4) is 0 Å². The van der Waals surface area contributed by atoms with E-state index in [0.29, 0.717) is 0 Å². The molecule has 1 aliphatic carbocycles. The van der Waals surface area contributed by atoms with Gasteiger partial charge in [0, 0.05) is 5.70 Å². The summed E-state index contributed by atoms with van der Waals surface area (Å²) < 4.78 is 0. The topological polar surface area (TPSA) is 29.1 Å². The van der Waals surface area contributed by atoms with Gasteiger partial charge in [-0.1, -0.05) is 55.1 Å². The number of rotatable bonds is 5. The molecule has 0 aliphatic heterocycles. The van der Waals surface area contributed by atoms with Crippen molar-refractivity contribution in [1.82, 2.24) is 5.32 Å². The Morgan fingerprint density at radius 1 is 1.20 bits per heavy atom. The van der Waals surface area contributed by atoms with Gasteiger partial charge in [-0.15, -0.1) is 0 Å². The summed E-state index contributed by atoms with van der Waals surface area (Å²) in [7, 11) is 0. The van der Waals surface area contributed by atoms with E-state index in [9.17, 15) is 4.79 Å². The number of benzene rings is 1. The van der Waals surface area contributed by atoms with Crippen LogP contribution in [0.1, 0.15) is 32.3 Å². The number of carbonyl (C=O) groups excluding carboxylic acids is 1. The summed E-state index contributed by atoms with van der Waals surface area (Å²) >= 11 is 0. The van der Waals surface area contributed by atoms with Crippen molar-refractivity contribution in [1.29, 1.82) is 0 Å². The van der Waals surface area contributed by atoms with Gasteiger partial charge < -0.3 is 5.32 Å². The standard InChI is InChI=1S/C18H21NO/c1-14(2)19-18(15(3)20,16-10-6-4-7-11-16)17-12-8-5-9-13-17/h4,6-8,10-13,19H,1,5,9H2,2-3H3. The Kier molecular flexibility index (Phi) is 4.23. The van der Waals surface area contributed by atoms with Gasteiger partial charge in [-0.3, -0.25) is 4.79 Å². The maximum absolute atomic E-state index is 12.5. The highest BCUT2D eigenvalue weighted by Gasteiger charge is 2.40. The molecule has 0 aromatic heterocycles. The molecule has 20 heavy (non-hydrogen) atoms. The van der Waals surface area contributed by atoms with Crippen molar-refractivity contribution in [3.63, 3.8) is 0 Å². The van der Waals surface area contributed by atoms with E-state index in [-0.39, 0.29) is 5.78 Å². The molecule has 0 saturated carbocycles. The molecular weight excluding hydrogens is 246 g/mol. The quantitative estimate of drug-likeness (QED) is 0.877. The highest BCUT2D eigenvalue weighted by atomic mass is 16.1. The van der Waals surface area contributed by atoms with Crippen LogP contribution in [0.5, 0.6) is 0 Å². The average molecular weight is 267 g/mol. The lowest BCUT2D eigenvalue weighted by Crippen LogP contribution is -2.48. The second kappa shape index (κ2) is 5.91. The van der Waals surface area contributed by atoms with Crippen LogP contribution in [0, 0.1) is 0 Å². The van der Waals surface area contributed by atoms with Gasteiger partial charge in [0.1, 0.15) is 5.54 Å². The van der Waals surface area contributed by atoms with Gasteiger partial charge in [-0.2, -0.15) is 0 Å². The second-order valence-corrected chi connectivity index (χ2v) is 5.22. The number of hydrogen-bond acceptors (Lipinski definition) is 2. The van der Waals surface area contributed by atoms with E-state index in [1.165, 1.54) is 0 Å². The highest BCUT2D eigenvalue weighted by molar-refractivity contribution is 5.92. The van der Waals surface area contributed by atoms with Gasteiger partial charge in [0.05, 0.1) is 0 Å². The van der Waals surface area contributed by atoms with E-state index in [1.54, 1.807) is 6.92 Å². The zero-order chi connectivity index (χ0) is 14.6. The van der Waals surface area contributed by atoms with Gasteiger partial charge in [0.2, 0.25) is 0 Å². The molecule has 1 aromatic carbocycles. The van der Waals surface area contributed by atoms with E-state index >= 15 is 0 Å². The number of allylic oxidation sites excluding steroid dienone is 3. The van der Waals surface area contributed by atoms with E-state index < -0.39 is 5.54 Å². The third-order valence-electron chi connectivity index (χ3n) is 3.56. The molecule has 1 N–H and O–H groups in total. The van der Waals surface area contributed by atoms with Crippen LogP contribution in [0.25, 0.3) is 0 Å². The third kappa shape index (κ3) is 2.60. The monoisotopic (exact) mass is 267 g/mol. The Morgan fingerprint density at radius 3 is 2.40 bits per heavy atom. The van der Waals surface area contributed by atoms with Crippen molar-refractivity contribution >= 4 is 5.78 Å². The van der Waals surface area contributed by atoms with Crippen molar-refractivity contribution in [2.24, 2.45) is 0 Å². The van der Waals surface area contributed by atoms with Gasteiger partial charge in [0.25, 0.3) is 0 Å². The minimum Gasteiger partial charge on any atom is -0.370 e. The predicted molar refractivity (Wildman–Crippen MR) is 83.2 cm³/mol. The molecular formula is C18H21NO. The lowest BCUT2D eigenvalue weighted by Gasteiger charge is -2.36. The Labute approximate surface area is 120 Å². The molecule has 0 amide bonds. The summed E-state index contributed by atoms with van der Waals surface area (Å²) in [6.07, 6.45) is 8.30. The molecule has 0 heterocycles. The van der Waals surface area contributed by atoms with E-state index in [1.807, 2.05) is 43.3 Å². The normalized spacial score (nSPS) is 17.0. The second-order valence-electron chi connectivity index (χ2n) is 5.22. The molecule has 0 saturated heterocycles. The third-order valence-corrected chi connectivity index (χ3v) is 3.56. The number of carbonyl (C=O) groups is 1.